The lowest BCUT2D eigenvalue weighted by molar-refractivity contribution is -0.149. The molecule has 0 saturated heterocycles. The molecule has 2 amide bonds. The first-order valence-corrected chi connectivity index (χ1v) is 8.21. The number of carbonyl (C=O) groups is 2. The number of alkyl halides is 3. The molecule has 1 N–H and O–H groups in total. The summed E-state index contributed by atoms with van der Waals surface area (Å²) < 4.78 is 44.9. The van der Waals surface area contributed by atoms with E-state index in [0.29, 0.717) is 12.2 Å². The molecule has 0 radical (unpaired) electrons. The van der Waals surface area contributed by atoms with Gasteiger partial charge in [-0.25, -0.2) is 4.79 Å². The second kappa shape index (κ2) is 6.81. The average Bonchev–Trinajstić information content (AvgIpc) is 2.85. The smallest absolute Gasteiger partial charge is 0.410 e. The number of ether oxygens (including phenoxy) is 1. The van der Waals surface area contributed by atoms with Gasteiger partial charge in [-0.1, -0.05) is 0 Å². The van der Waals surface area contributed by atoms with E-state index in [0.717, 1.165) is 6.92 Å². The Morgan fingerprint density at radius 3 is 2.50 bits per heavy atom. The number of nitrogens with one attached hydrogen (secondary N) is 1. The molecule has 146 valence electrons. The lowest BCUT2D eigenvalue weighted by atomic mass is 10.1. The van der Waals surface area contributed by atoms with Crippen LogP contribution < -0.4 is 5.32 Å². The van der Waals surface area contributed by atoms with E-state index in [2.05, 4.69) is 5.10 Å². The van der Waals surface area contributed by atoms with Gasteiger partial charge in [-0.3, -0.25) is 14.4 Å². The van der Waals surface area contributed by atoms with Gasteiger partial charge in [0, 0.05) is 0 Å². The molecule has 10 heteroatoms. The number of hydrogen-bond donors (Lipinski definition) is 1. The fraction of sp³-hybridized carbons (Fsp3) is 0.688. The molecule has 2 heterocycles. The van der Waals surface area contributed by atoms with Crippen molar-refractivity contribution in [3.63, 3.8) is 0 Å². The van der Waals surface area contributed by atoms with Crippen molar-refractivity contribution in [3.05, 3.63) is 17.5 Å². The van der Waals surface area contributed by atoms with Crippen molar-refractivity contribution in [1.82, 2.24) is 20.0 Å². The van der Waals surface area contributed by atoms with Gasteiger partial charge in [0.25, 0.3) is 5.91 Å². The Hall–Kier alpha value is -2.26. The van der Waals surface area contributed by atoms with Crippen LogP contribution >= 0.6 is 0 Å². The molecule has 0 aromatic carbocycles. The van der Waals surface area contributed by atoms with Gasteiger partial charge in [-0.15, -0.1) is 0 Å². The van der Waals surface area contributed by atoms with Gasteiger partial charge in [0.05, 0.1) is 36.6 Å². The van der Waals surface area contributed by atoms with E-state index >= 15 is 0 Å². The zero-order valence-corrected chi connectivity index (χ0v) is 15.3. The lowest BCUT2D eigenvalue weighted by Gasteiger charge is -2.35. The molecule has 1 aromatic heterocycles. The van der Waals surface area contributed by atoms with Crippen LogP contribution in [0.15, 0.2) is 6.20 Å². The van der Waals surface area contributed by atoms with Crippen LogP contribution in [0.4, 0.5) is 18.0 Å². The van der Waals surface area contributed by atoms with Crippen LogP contribution in [0.25, 0.3) is 0 Å². The topological polar surface area (TPSA) is 76.5 Å². The fourth-order valence-electron chi connectivity index (χ4n) is 2.51. The molecule has 2 rings (SSSR count). The molecule has 0 bridgehead atoms. The van der Waals surface area contributed by atoms with Crippen LogP contribution in [0.3, 0.4) is 0 Å². The van der Waals surface area contributed by atoms with Crippen molar-refractivity contribution in [2.45, 2.75) is 71.6 Å². The van der Waals surface area contributed by atoms with Crippen LogP contribution in [-0.2, 0) is 17.8 Å². The van der Waals surface area contributed by atoms with E-state index in [1.54, 1.807) is 27.7 Å². The summed E-state index contributed by atoms with van der Waals surface area (Å²) >= 11 is 0. The monoisotopic (exact) mass is 376 g/mol. The highest BCUT2D eigenvalue weighted by atomic mass is 19.4. The molecular weight excluding hydrogens is 353 g/mol. The molecule has 1 aliphatic rings. The molecule has 0 fully saturated rings. The summed E-state index contributed by atoms with van der Waals surface area (Å²) in [7, 11) is 0. The van der Waals surface area contributed by atoms with E-state index < -0.39 is 29.8 Å². The first-order chi connectivity index (χ1) is 11.8. The predicted molar refractivity (Wildman–Crippen MR) is 86.4 cm³/mol. The molecule has 26 heavy (non-hydrogen) atoms. The maximum atomic E-state index is 12.7. The number of hydrogen-bond acceptors (Lipinski definition) is 4. The van der Waals surface area contributed by atoms with Crippen molar-refractivity contribution in [2.24, 2.45) is 0 Å². The lowest BCUT2D eigenvalue weighted by Crippen LogP contribution is -2.48. The molecule has 7 nitrogen and oxygen atoms in total. The molecule has 2 atom stereocenters. The highest BCUT2D eigenvalue weighted by Crippen LogP contribution is 2.24. The largest absolute Gasteiger partial charge is 0.444 e. The van der Waals surface area contributed by atoms with Gasteiger partial charge < -0.3 is 10.1 Å². The van der Waals surface area contributed by atoms with Gasteiger partial charge in [0.15, 0.2) is 0 Å². The van der Waals surface area contributed by atoms with Crippen LogP contribution in [0, 0.1) is 0 Å². The van der Waals surface area contributed by atoms with E-state index in [1.807, 2.05) is 5.32 Å². The zero-order chi connectivity index (χ0) is 19.9. The first-order valence-electron chi connectivity index (χ1n) is 8.21. The minimum absolute atomic E-state index is 0.0153. The molecule has 1 aliphatic heterocycles. The van der Waals surface area contributed by atoms with Crippen molar-refractivity contribution in [2.75, 3.05) is 0 Å². The predicted octanol–water partition coefficient (Wildman–Crippen LogP) is 2.70. The van der Waals surface area contributed by atoms with Crippen LogP contribution in [0.1, 0.15) is 50.7 Å². The number of nitrogens with zero attached hydrogens (tertiary/aromatic N) is 3. The third-order valence-corrected chi connectivity index (χ3v) is 3.95. The zero-order valence-electron chi connectivity index (χ0n) is 15.3. The highest BCUT2D eigenvalue weighted by molar-refractivity contribution is 5.95. The normalized spacial score (nSPS) is 18.9. The van der Waals surface area contributed by atoms with E-state index in [4.69, 9.17) is 4.74 Å². The maximum absolute atomic E-state index is 12.7. The molecule has 0 saturated carbocycles. The average molecular weight is 376 g/mol. The minimum atomic E-state index is -4.54. The molecule has 1 aromatic rings. The Morgan fingerprint density at radius 2 is 1.96 bits per heavy atom. The summed E-state index contributed by atoms with van der Waals surface area (Å²) in [6.07, 6.45) is -3.87. The summed E-state index contributed by atoms with van der Waals surface area (Å²) in [6, 6.07) is -2.22. The Balaban J connectivity index is 2.20. The van der Waals surface area contributed by atoms with Crippen LogP contribution in [-0.4, -0.2) is 50.5 Å². The summed E-state index contributed by atoms with van der Waals surface area (Å²) in [6.45, 7) is 8.22. The van der Waals surface area contributed by atoms with Gasteiger partial charge >= 0.3 is 12.3 Å². The second-order valence-electron chi connectivity index (χ2n) is 7.38. The minimum Gasteiger partial charge on any atom is -0.444 e. The van der Waals surface area contributed by atoms with Crippen molar-refractivity contribution in [3.8, 4) is 0 Å². The number of rotatable bonds is 2. The Labute approximate surface area is 149 Å². The Kier molecular flexibility index (Phi) is 5.25. The van der Waals surface area contributed by atoms with Crippen molar-refractivity contribution in [1.29, 1.82) is 0 Å². The van der Waals surface area contributed by atoms with Gasteiger partial charge in [-0.2, -0.15) is 18.3 Å². The SMILES string of the molecule is C[C@H]1Cn2ncc(C(=O)N[C@H](C)C(F)(F)F)c2CN1C(=O)OC(C)(C)C. The maximum Gasteiger partial charge on any atom is 0.410 e. The number of aromatic nitrogens is 2. The molecule has 0 aliphatic carbocycles. The molecular formula is C16H23F3N4O3. The Morgan fingerprint density at radius 1 is 1.35 bits per heavy atom. The van der Waals surface area contributed by atoms with Crippen molar-refractivity contribution >= 4 is 12.0 Å². The summed E-state index contributed by atoms with van der Waals surface area (Å²) in [5.74, 6) is -0.880. The van der Waals surface area contributed by atoms with Gasteiger partial charge in [0.2, 0.25) is 0 Å². The van der Waals surface area contributed by atoms with E-state index in [1.165, 1.54) is 15.8 Å². The quantitative estimate of drug-likeness (QED) is 0.861. The van der Waals surface area contributed by atoms with Crippen LogP contribution in [0.5, 0.6) is 0 Å². The molecule has 0 spiro atoms. The third-order valence-electron chi connectivity index (χ3n) is 3.95. The fourth-order valence-corrected chi connectivity index (χ4v) is 2.51. The van der Waals surface area contributed by atoms with E-state index in [9.17, 15) is 22.8 Å². The summed E-state index contributed by atoms with van der Waals surface area (Å²) in [4.78, 5) is 26.0. The van der Waals surface area contributed by atoms with Crippen molar-refractivity contribution < 1.29 is 27.5 Å². The van der Waals surface area contributed by atoms with Gasteiger partial charge in [0.1, 0.15) is 11.6 Å². The standard InChI is InChI=1S/C16H23F3N4O3/c1-9-7-23-12(8-22(9)14(25)26-15(3,4)5)11(6-20-23)13(24)21-10(2)16(17,18)19/h6,9-10H,7-8H2,1-5H3,(H,21,24)/t9-,10+/m0/s1. The highest BCUT2D eigenvalue weighted by Gasteiger charge is 2.38. The van der Waals surface area contributed by atoms with Gasteiger partial charge in [-0.05, 0) is 34.6 Å². The summed E-state index contributed by atoms with van der Waals surface area (Å²) in [5, 5.41) is 5.98. The van der Waals surface area contributed by atoms with E-state index in [-0.39, 0.29) is 18.2 Å². The van der Waals surface area contributed by atoms with Crippen LogP contribution in [0.2, 0.25) is 0 Å². The Bertz CT molecular complexity index is 694. The first kappa shape index (κ1) is 20.1. The second-order valence-corrected chi connectivity index (χ2v) is 7.38. The number of amides is 2. The number of halogens is 3. The number of carbonyl (C=O) groups excluding carboxylic acids is 2. The molecule has 0 unspecified atom stereocenters. The number of fused-ring (bicyclic) bond motifs is 1. The third kappa shape index (κ3) is 4.47. The summed E-state index contributed by atoms with van der Waals surface area (Å²) in [5.41, 5.74) is -0.293.